The summed E-state index contributed by atoms with van der Waals surface area (Å²) < 4.78 is 1.14. The minimum absolute atomic E-state index is 0.882. The molecule has 0 radical (unpaired) electrons. The molecule has 2 heteroatoms. The maximum absolute atomic E-state index is 4.70. The van der Waals surface area contributed by atoms with Crippen LogP contribution in [0.4, 0.5) is 0 Å². The Morgan fingerprint density at radius 1 is 1.06 bits per heavy atom. The monoisotopic (exact) mass is 299 g/mol. The van der Waals surface area contributed by atoms with E-state index >= 15 is 0 Å². The maximum atomic E-state index is 4.70. The van der Waals surface area contributed by atoms with Gasteiger partial charge in [0.1, 0.15) is 0 Å². The Labute approximate surface area is 116 Å². The van der Waals surface area contributed by atoms with Crippen LogP contribution in [0.25, 0.3) is 0 Å². The van der Waals surface area contributed by atoms with Gasteiger partial charge in [0.05, 0.1) is 5.71 Å². The van der Waals surface area contributed by atoms with Crippen LogP contribution in [-0.4, -0.2) is 12.3 Å². The molecule has 0 saturated carbocycles. The van der Waals surface area contributed by atoms with Gasteiger partial charge in [-0.25, -0.2) is 0 Å². The van der Waals surface area contributed by atoms with Gasteiger partial charge in [-0.1, -0.05) is 51.8 Å². The Morgan fingerprint density at radius 3 is 2.61 bits per heavy atom. The van der Waals surface area contributed by atoms with Crippen molar-refractivity contribution in [2.75, 3.05) is 6.54 Å². The summed E-state index contributed by atoms with van der Waals surface area (Å²) in [7, 11) is 0. The molecule has 0 unspecified atom stereocenters. The summed E-state index contributed by atoms with van der Waals surface area (Å²) in [6.07, 6.45) is 1.03. The second kappa shape index (κ2) is 4.69. The molecule has 3 rings (SSSR count). The summed E-state index contributed by atoms with van der Waals surface area (Å²) in [5, 5.41) is 0. The summed E-state index contributed by atoms with van der Waals surface area (Å²) >= 11 is 3.54. The van der Waals surface area contributed by atoms with Gasteiger partial charge in [-0.3, -0.25) is 4.99 Å². The van der Waals surface area contributed by atoms with E-state index in [0.717, 1.165) is 23.1 Å². The summed E-state index contributed by atoms with van der Waals surface area (Å²) in [4.78, 5) is 4.70. The maximum Gasteiger partial charge on any atom is 0.0721 e. The predicted molar refractivity (Wildman–Crippen MR) is 79.5 cm³/mol. The van der Waals surface area contributed by atoms with E-state index in [2.05, 4.69) is 65.3 Å². The van der Waals surface area contributed by atoms with Gasteiger partial charge in [-0.2, -0.15) is 0 Å². The van der Waals surface area contributed by atoms with Gasteiger partial charge in [-0.15, -0.1) is 0 Å². The average Bonchev–Trinajstić information content (AvgIpc) is 2.38. The molecule has 0 saturated heterocycles. The fraction of sp³-hybridized carbons (Fsp3) is 0.188. The first-order chi connectivity index (χ1) is 8.74. The van der Waals surface area contributed by atoms with Crippen LogP contribution in [0.2, 0.25) is 0 Å². The highest BCUT2D eigenvalue weighted by molar-refractivity contribution is 9.10. The quantitative estimate of drug-likeness (QED) is 0.750. The van der Waals surface area contributed by atoms with Crippen LogP contribution >= 0.6 is 15.9 Å². The largest absolute Gasteiger partial charge is 0.284 e. The lowest BCUT2D eigenvalue weighted by Gasteiger charge is -2.17. The third-order valence-electron chi connectivity index (χ3n) is 3.30. The van der Waals surface area contributed by atoms with Gasteiger partial charge in [0.2, 0.25) is 0 Å². The minimum atomic E-state index is 0.882. The van der Waals surface area contributed by atoms with Gasteiger partial charge >= 0.3 is 0 Å². The van der Waals surface area contributed by atoms with Crippen molar-refractivity contribution in [3.8, 4) is 0 Å². The van der Waals surface area contributed by atoms with Crippen LogP contribution in [0.3, 0.4) is 0 Å². The Hall–Kier alpha value is -1.41. The highest BCUT2D eigenvalue weighted by atomic mass is 79.9. The molecular weight excluding hydrogens is 286 g/mol. The summed E-state index contributed by atoms with van der Waals surface area (Å²) in [6, 6.07) is 15.1. The number of hydrogen-bond acceptors (Lipinski definition) is 1. The Balaban J connectivity index is 2.09. The first-order valence-corrected chi connectivity index (χ1v) is 6.93. The van der Waals surface area contributed by atoms with Gasteiger partial charge < -0.3 is 0 Å². The highest BCUT2D eigenvalue weighted by Crippen LogP contribution is 2.24. The van der Waals surface area contributed by atoms with Gasteiger partial charge in [0.25, 0.3) is 0 Å². The topological polar surface area (TPSA) is 12.4 Å². The van der Waals surface area contributed by atoms with Crippen LogP contribution in [0.1, 0.15) is 22.3 Å². The molecule has 1 aliphatic heterocycles. The molecule has 0 aliphatic carbocycles. The molecule has 1 heterocycles. The van der Waals surface area contributed by atoms with Crippen molar-refractivity contribution in [3.63, 3.8) is 0 Å². The van der Waals surface area contributed by atoms with E-state index in [1.807, 2.05) is 0 Å². The van der Waals surface area contributed by atoms with Crippen LogP contribution in [0.5, 0.6) is 0 Å². The number of hydrogen-bond donors (Lipinski definition) is 0. The third-order valence-corrected chi connectivity index (χ3v) is 3.79. The first kappa shape index (κ1) is 11.7. The molecule has 2 aromatic carbocycles. The zero-order valence-electron chi connectivity index (χ0n) is 10.3. The minimum Gasteiger partial charge on any atom is -0.284 e. The molecule has 0 bridgehead atoms. The number of halogens is 1. The lowest BCUT2D eigenvalue weighted by Crippen LogP contribution is -2.14. The number of benzene rings is 2. The zero-order valence-corrected chi connectivity index (χ0v) is 11.9. The summed E-state index contributed by atoms with van der Waals surface area (Å²) in [6.45, 7) is 2.99. The lowest BCUT2D eigenvalue weighted by atomic mass is 9.93. The fourth-order valence-electron chi connectivity index (χ4n) is 2.33. The van der Waals surface area contributed by atoms with Crippen molar-refractivity contribution < 1.29 is 0 Å². The molecule has 0 atom stereocenters. The van der Waals surface area contributed by atoms with Crippen molar-refractivity contribution in [2.24, 2.45) is 4.99 Å². The molecule has 0 fully saturated rings. The molecular formula is C16H14BrN. The summed E-state index contributed by atoms with van der Waals surface area (Å²) in [5.41, 5.74) is 6.28. The molecule has 0 N–H and O–H groups in total. The normalized spacial score (nSPS) is 14.0. The first-order valence-electron chi connectivity index (χ1n) is 6.14. The Morgan fingerprint density at radius 2 is 1.83 bits per heavy atom. The molecule has 0 spiro atoms. The van der Waals surface area contributed by atoms with Gasteiger partial charge in [0, 0.05) is 22.1 Å². The Kier molecular flexibility index (Phi) is 3.04. The Bertz CT molecular complexity index is 611. The second-order valence-electron chi connectivity index (χ2n) is 4.65. The van der Waals surface area contributed by atoms with Gasteiger partial charge in [0.15, 0.2) is 0 Å². The SMILES string of the molecule is Cc1ccc(C2=NCCc3cc(Br)ccc32)cc1. The van der Waals surface area contributed by atoms with E-state index in [1.54, 1.807) is 0 Å². The molecule has 0 amide bonds. The van der Waals surface area contributed by atoms with E-state index in [-0.39, 0.29) is 0 Å². The lowest BCUT2D eigenvalue weighted by molar-refractivity contribution is 0.943. The van der Waals surface area contributed by atoms with Crippen LogP contribution < -0.4 is 0 Å². The zero-order chi connectivity index (χ0) is 12.5. The van der Waals surface area contributed by atoms with E-state index in [0.29, 0.717) is 0 Å². The third kappa shape index (κ3) is 2.13. The smallest absolute Gasteiger partial charge is 0.0721 e. The summed E-state index contributed by atoms with van der Waals surface area (Å²) in [5.74, 6) is 0. The van der Waals surface area contributed by atoms with Crippen molar-refractivity contribution >= 4 is 21.6 Å². The number of fused-ring (bicyclic) bond motifs is 1. The number of rotatable bonds is 1. The van der Waals surface area contributed by atoms with E-state index in [9.17, 15) is 0 Å². The van der Waals surface area contributed by atoms with Crippen molar-refractivity contribution in [3.05, 3.63) is 69.2 Å². The van der Waals surface area contributed by atoms with Crippen molar-refractivity contribution in [2.45, 2.75) is 13.3 Å². The van der Waals surface area contributed by atoms with E-state index in [1.165, 1.54) is 22.3 Å². The molecule has 1 aliphatic rings. The number of aryl methyl sites for hydroxylation is 1. The molecule has 2 aromatic rings. The van der Waals surface area contributed by atoms with Crippen molar-refractivity contribution in [1.82, 2.24) is 0 Å². The standard InChI is InChI=1S/C16H14BrN/c1-11-2-4-12(5-3-11)16-15-7-6-14(17)10-13(15)8-9-18-16/h2-7,10H,8-9H2,1H3. The van der Waals surface area contributed by atoms with Crippen LogP contribution in [-0.2, 0) is 6.42 Å². The highest BCUT2D eigenvalue weighted by Gasteiger charge is 2.15. The number of nitrogens with zero attached hydrogens (tertiary/aromatic N) is 1. The van der Waals surface area contributed by atoms with E-state index < -0.39 is 0 Å². The molecule has 1 nitrogen and oxygen atoms in total. The van der Waals surface area contributed by atoms with E-state index in [4.69, 9.17) is 4.99 Å². The van der Waals surface area contributed by atoms with Gasteiger partial charge in [-0.05, 0) is 31.0 Å². The fourth-order valence-corrected chi connectivity index (χ4v) is 2.74. The molecule has 0 aromatic heterocycles. The van der Waals surface area contributed by atoms with Crippen molar-refractivity contribution in [1.29, 1.82) is 0 Å². The molecule has 90 valence electrons. The molecule has 18 heavy (non-hydrogen) atoms. The van der Waals surface area contributed by atoms with Crippen LogP contribution in [0.15, 0.2) is 51.9 Å². The predicted octanol–water partition coefficient (Wildman–Crippen LogP) is 4.15. The average molecular weight is 300 g/mol. The van der Waals surface area contributed by atoms with Crippen LogP contribution in [0, 0.1) is 6.92 Å². The number of aliphatic imine (C=N–C) groups is 1. The second-order valence-corrected chi connectivity index (χ2v) is 5.56.